The van der Waals surface area contributed by atoms with Crippen LogP contribution >= 0.6 is 11.6 Å². The molecular weight excluding hydrogens is 270 g/mol. The van der Waals surface area contributed by atoms with Crippen LogP contribution in [0.5, 0.6) is 0 Å². The normalized spacial score (nSPS) is 16.5. The third-order valence-corrected chi connectivity index (χ3v) is 3.68. The van der Waals surface area contributed by atoms with Crippen LogP contribution in [0.2, 0.25) is 5.02 Å². The average molecular weight is 284 g/mol. The maximum atomic E-state index is 12.0. The van der Waals surface area contributed by atoms with Crippen LogP contribution in [0.3, 0.4) is 0 Å². The summed E-state index contributed by atoms with van der Waals surface area (Å²) in [6, 6.07) is 3.98. The molecule has 1 fully saturated rings. The van der Waals surface area contributed by atoms with Gasteiger partial charge in [-0.1, -0.05) is 18.5 Å². The van der Waals surface area contributed by atoms with Crippen molar-refractivity contribution in [3.05, 3.63) is 33.3 Å². The number of nitrogens with one attached hydrogen (secondary N) is 2. The minimum Gasteiger partial charge on any atom is -0.324 e. The number of hydrogen-bond donors (Lipinski definition) is 2. The standard InChI is InChI=1S/C12H14ClN3O3/c1-7(8-5-14-6-8)12(17)15-11-4-9(16(18)19)2-3-10(11)13/h2-4,7-8,14H,5-6H2,1H3,(H,15,17). The monoisotopic (exact) mass is 283 g/mol. The number of hydrogen-bond acceptors (Lipinski definition) is 4. The van der Waals surface area contributed by atoms with Gasteiger partial charge in [0.1, 0.15) is 0 Å². The summed E-state index contributed by atoms with van der Waals surface area (Å²) in [7, 11) is 0. The van der Waals surface area contributed by atoms with Crippen LogP contribution in [-0.4, -0.2) is 23.9 Å². The Balaban J connectivity index is 2.11. The van der Waals surface area contributed by atoms with Crippen molar-refractivity contribution in [1.29, 1.82) is 0 Å². The molecule has 0 spiro atoms. The van der Waals surface area contributed by atoms with Crippen molar-refractivity contribution < 1.29 is 9.72 Å². The van der Waals surface area contributed by atoms with Crippen molar-refractivity contribution in [2.24, 2.45) is 11.8 Å². The molecule has 0 aromatic heterocycles. The summed E-state index contributed by atoms with van der Waals surface area (Å²) in [6.45, 7) is 3.47. The van der Waals surface area contributed by atoms with Crippen molar-refractivity contribution in [3.8, 4) is 0 Å². The van der Waals surface area contributed by atoms with E-state index in [9.17, 15) is 14.9 Å². The van der Waals surface area contributed by atoms with Crippen molar-refractivity contribution in [2.45, 2.75) is 6.92 Å². The van der Waals surface area contributed by atoms with Gasteiger partial charge in [-0.3, -0.25) is 14.9 Å². The first-order valence-corrected chi connectivity index (χ1v) is 6.32. The lowest BCUT2D eigenvalue weighted by Crippen LogP contribution is -2.48. The Hall–Kier alpha value is -1.66. The fourth-order valence-electron chi connectivity index (χ4n) is 1.85. The Morgan fingerprint density at radius 3 is 2.79 bits per heavy atom. The van der Waals surface area contributed by atoms with Crippen LogP contribution in [0.25, 0.3) is 0 Å². The van der Waals surface area contributed by atoms with Gasteiger partial charge < -0.3 is 10.6 Å². The zero-order valence-electron chi connectivity index (χ0n) is 10.4. The second-order valence-corrected chi connectivity index (χ2v) is 5.02. The Labute approximate surface area is 115 Å². The van der Waals surface area contributed by atoms with Gasteiger partial charge >= 0.3 is 0 Å². The predicted molar refractivity (Wildman–Crippen MR) is 72.3 cm³/mol. The van der Waals surface area contributed by atoms with Gasteiger partial charge in [0.15, 0.2) is 0 Å². The van der Waals surface area contributed by atoms with Gasteiger partial charge in [-0.05, 0) is 25.1 Å². The molecule has 1 atom stereocenters. The quantitative estimate of drug-likeness (QED) is 0.654. The molecule has 0 bridgehead atoms. The number of amides is 1. The highest BCUT2D eigenvalue weighted by Crippen LogP contribution is 2.28. The smallest absolute Gasteiger partial charge is 0.271 e. The molecule has 1 amide bonds. The molecule has 1 unspecified atom stereocenters. The molecule has 1 aromatic rings. The van der Waals surface area contributed by atoms with E-state index in [1.165, 1.54) is 18.2 Å². The van der Waals surface area contributed by atoms with Crippen LogP contribution in [0.1, 0.15) is 6.92 Å². The van der Waals surface area contributed by atoms with Gasteiger partial charge in [0.25, 0.3) is 5.69 Å². The number of halogens is 1. The summed E-state index contributed by atoms with van der Waals surface area (Å²) in [5.41, 5.74) is 0.178. The molecule has 102 valence electrons. The Kier molecular flexibility index (Phi) is 4.01. The minimum atomic E-state index is -0.523. The number of benzene rings is 1. The molecule has 7 heteroatoms. The van der Waals surface area contributed by atoms with Crippen LogP contribution in [0, 0.1) is 22.0 Å². The molecule has 6 nitrogen and oxygen atoms in total. The van der Waals surface area contributed by atoms with E-state index in [1.807, 2.05) is 6.92 Å². The number of anilines is 1. The molecule has 1 heterocycles. The van der Waals surface area contributed by atoms with Crippen molar-refractivity contribution in [1.82, 2.24) is 5.32 Å². The molecule has 0 saturated carbocycles. The summed E-state index contributed by atoms with van der Waals surface area (Å²) in [6.07, 6.45) is 0. The van der Waals surface area contributed by atoms with Crippen LogP contribution in [-0.2, 0) is 4.79 Å². The summed E-state index contributed by atoms with van der Waals surface area (Å²) < 4.78 is 0. The topological polar surface area (TPSA) is 84.3 Å². The Morgan fingerprint density at radius 1 is 1.58 bits per heavy atom. The maximum absolute atomic E-state index is 12.0. The lowest BCUT2D eigenvalue weighted by atomic mass is 9.88. The van der Waals surface area contributed by atoms with Crippen molar-refractivity contribution in [3.63, 3.8) is 0 Å². The molecule has 0 radical (unpaired) electrons. The predicted octanol–water partition coefficient (Wildman–Crippen LogP) is 2.04. The first-order valence-electron chi connectivity index (χ1n) is 5.94. The lowest BCUT2D eigenvalue weighted by molar-refractivity contribution is -0.384. The summed E-state index contributed by atoms with van der Waals surface area (Å²) in [5.74, 6) is -0.0250. The number of rotatable bonds is 4. The van der Waals surface area contributed by atoms with E-state index in [-0.39, 0.29) is 28.2 Å². The highest BCUT2D eigenvalue weighted by molar-refractivity contribution is 6.33. The van der Waals surface area contributed by atoms with Crippen LogP contribution < -0.4 is 10.6 Å². The average Bonchev–Trinajstić information content (AvgIpc) is 2.29. The number of non-ortho nitro benzene ring substituents is 1. The second-order valence-electron chi connectivity index (χ2n) is 4.62. The molecule has 1 saturated heterocycles. The van der Waals surface area contributed by atoms with Crippen molar-refractivity contribution >= 4 is 28.9 Å². The molecular formula is C12H14ClN3O3. The highest BCUT2D eigenvalue weighted by atomic mass is 35.5. The zero-order valence-corrected chi connectivity index (χ0v) is 11.1. The summed E-state index contributed by atoms with van der Waals surface area (Å²) in [5, 5.41) is 16.7. The van der Waals surface area contributed by atoms with Gasteiger partial charge in [-0.2, -0.15) is 0 Å². The van der Waals surface area contributed by atoms with Gasteiger partial charge in [0, 0.05) is 18.1 Å². The number of nitro benzene ring substituents is 1. The third-order valence-electron chi connectivity index (χ3n) is 3.35. The highest BCUT2D eigenvalue weighted by Gasteiger charge is 2.29. The fraction of sp³-hybridized carbons (Fsp3) is 0.417. The van der Waals surface area contributed by atoms with Gasteiger partial charge in [0.2, 0.25) is 5.91 Å². The van der Waals surface area contributed by atoms with E-state index < -0.39 is 4.92 Å². The number of nitro groups is 1. The van der Waals surface area contributed by atoms with Crippen LogP contribution in [0.4, 0.5) is 11.4 Å². The van der Waals surface area contributed by atoms with Crippen molar-refractivity contribution in [2.75, 3.05) is 18.4 Å². The van der Waals surface area contributed by atoms with Gasteiger partial charge in [-0.25, -0.2) is 0 Å². The Bertz CT molecular complexity index is 517. The van der Waals surface area contributed by atoms with Gasteiger partial charge in [-0.15, -0.1) is 0 Å². The van der Waals surface area contributed by atoms with E-state index in [4.69, 9.17) is 11.6 Å². The van der Waals surface area contributed by atoms with Gasteiger partial charge in [0.05, 0.1) is 15.6 Å². The number of carbonyl (C=O) groups excluding carboxylic acids is 1. The first-order chi connectivity index (χ1) is 8.99. The molecule has 1 aliphatic rings. The molecule has 19 heavy (non-hydrogen) atoms. The second kappa shape index (κ2) is 5.54. The molecule has 2 rings (SSSR count). The molecule has 1 aliphatic heterocycles. The number of carbonyl (C=O) groups is 1. The summed E-state index contributed by atoms with van der Waals surface area (Å²) in [4.78, 5) is 22.2. The van der Waals surface area contributed by atoms with E-state index in [1.54, 1.807) is 0 Å². The molecule has 2 N–H and O–H groups in total. The Morgan fingerprint density at radius 2 is 2.26 bits per heavy atom. The minimum absolute atomic E-state index is 0.0994. The largest absolute Gasteiger partial charge is 0.324 e. The maximum Gasteiger partial charge on any atom is 0.271 e. The van der Waals surface area contributed by atoms with E-state index in [0.717, 1.165) is 13.1 Å². The lowest BCUT2D eigenvalue weighted by Gasteiger charge is -2.31. The van der Waals surface area contributed by atoms with E-state index in [0.29, 0.717) is 5.92 Å². The first kappa shape index (κ1) is 13.8. The SMILES string of the molecule is CC(C(=O)Nc1cc([N+](=O)[O-])ccc1Cl)C1CNC1. The van der Waals surface area contributed by atoms with E-state index in [2.05, 4.69) is 10.6 Å². The van der Waals surface area contributed by atoms with Crippen LogP contribution in [0.15, 0.2) is 18.2 Å². The fourth-order valence-corrected chi connectivity index (χ4v) is 2.01. The van der Waals surface area contributed by atoms with E-state index >= 15 is 0 Å². The zero-order chi connectivity index (χ0) is 14.0. The molecule has 1 aromatic carbocycles. The number of nitrogens with zero attached hydrogens (tertiary/aromatic N) is 1. The summed E-state index contributed by atoms with van der Waals surface area (Å²) >= 11 is 5.93. The molecule has 0 aliphatic carbocycles. The third kappa shape index (κ3) is 3.02.